The Labute approximate surface area is 59.2 Å². The van der Waals surface area contributed by atoms with Gasteiger partial charge in [0.1, 0.15) is 0 Å². The van der Waals surface area contributed by atoms with Crippen molar-refractivity contribution < 1.29 is 2.85 Å². The van der Waals surface area contributed by atoms with Gasteiger partial charge in [-0.25, -0.2) is 0 Å². The molecule has 0 heterocycles. The van der Waals surface area contributed by atoms with E-state index in [4.69, 9.17) is 0 Å². The topological polar surface area (TPSA) is 0 Å². The van der Waals surface area contributed by atoms with E-state index in [1.165, 1.54) is 0 Å². The molecule has 0 atom stereocenters. The minimum absolute atomic E-state index is 0. The standard InChI is InChI=1S/B.2ClH.Mg.2H/h;2*1H;;;/q;;;+2;2*-1. The summed E-state index contributed by atoms with van der Waals surface area (Å²) in [6.45, 7) is 0. The summed E-state index contributed by atoms with van der Waals surface area (Å²) < 4.78 is 0. The summed E-state index contributed by atoms with van der Waals surface area (Å²) in [5, 5.41) is 0. The van der Waals surface area contributed by atoms with Gasteiger partial charge in [0.15, 0.2) is 0 Å². The van der Waals surface area contributed by atoms with E-state index in [1.54, 1.807) is 0 Å². The first-order valence-corrected chi connectivity index (χ1v) is 0. The van der Waals surface area contributed by atoms with Crippen molar-refractivity contribution in [2.24, 2.45) is 0 Å². The fourth-order valence-electron chi connectivity index (χ4n) is 0. The van der Waals surface area contributed by atoms with Crippen LogP contribution in [0.25, 0.3) is 0 Å². The summed E-state index contributed by atoms with van der Waals surface area (Å²) in [7, 11) is 0. The second-order valence-electron chi connectivity index (χ2n) is 0. The molecule has 23 valence electrons. The van der Waals surface area contributed by atoms with Crippen molar-refractivity contribution in [3.05, 3.63) is 0 Å². The SMILES string of the molecule is Cl.Cl.[B].[H-].[H-].[Mg+2]. The van der Waals surface area contributed by atoms with Crippen LogP contribution in [0.5, 0.6) is 0 Å². The molecule has 0 saturated carbocycles. The van der Waals surface area contributed by atoms with Crippen LogP contribution < -0.4 is 0 Å². The van der Waals surface area contributed by atoms with E-state index in [2.05, 4.69) is 0 Å². The van der Waals surface area contributed by atoms with Gasteiger partial charge in [-0.3, -0.25) is 0 Å². The molecule has 0 aromatic heterocycles. The largest absolute Gasteiger partial charge is 2.00 e. The summed E-state index contributed by atoms with van der Waals surface area (Å²) in [4.78, 5) is 0. The molecule has 3 radical (unpaired) electrons. The van der Waals surface area contributed by atoms with Crippen LogP contribution in [0.4, 0.5) is 0 Å². The minimum Gasteiger partial charge on any atom is -1.00 e. The Morgan fingerprint density at radius 1 is 1.00 bits per heavy atom. The molecule has 0 aliphatic heterocycles. The zero-order valence-corrected chi connectivity index (χ0v) is 5.15. The maximum Gasteiger partial charge on any atom is 2.00 e. The molecule has 0 aliphatic rings. The molecule has 0 amide bonds. The van der Waals surface area contributed by atoms with Crippen LogP contribution in [0.2, 0.25) is 0 Å². The Kier molecular flexibility index (Phi) is 341. The first-order chi connectivity index (χ1) is 0. The molecular formula is H4BCl2Mg. The van der Waals surface area contributed by atoms with Gasteiger partial charge in [-0.1, -0.05) is 0 Å². The fourth-order valence-corrected chi connectivity index (χ4v) is 0. The maximum absolute atomic E-state index is 0. The van der Waals surface area contributed by atoms with Gasteiger partial charge >= 0.3 is 23.1 Å². The van der Waals surface area contributed by atoms with Crippen LogP contribution in [-0.4, -0.2) is 31.5 Å². The quantitative estimate of drug-likeness (QED) is 0.393. The van der Waals surface area contributed by atoms with Gasteiger partial charge in [0.05, 0.1) is 0 Å². The van der Waals surface area contributed by atoms with Crippen LogP contribution >= 0.6 is 24.8 Å². The van der Waals surface area contributed by atoms with Crippen LogP contribution in [0.15, 0.2) is 0 Å². The molecule has 0 N–H and O–H groups in total. The summed E-state index contributed by atoms with van der Waals surface area (Å²) in [6, 6.07) is 0. The molecule has 0 bridgehead atoms. The first-order valence-electron chi connectivity index (χ1n) is 0. The molecule has 0 aliphatic carbocycles. The number of halogens is 2. The molecule has 0 saturated heterocycles. The van der Waals surface area contributed by atoms with Crippen LogP contribution in [0.1, 0.15) is 2.85 Å². The van der Waals surface area contributed by atoms with E-state index in [1.807, 2.05) is 0 Å². The fraction of sp³-hybridized carbons (Fsp3) is 0. The average Bonchev–Trinajstić information content (AvgIpc) is 0. The molecule has 4 heteroatoms. The van der Waals surface area contributed by atoms with E-state index in [9.17, 15) is 0 Å². The van der Waals surface area contributed by atoms with Crippen molar-refractivity contribution >= 4 is 56.3 Å². The third-order valence-electron chi connectivity index (χ3n) is 0. The number of hydrogen-bond acceptors (Lipinski definition) is 0. The van der Waals surface area contributed by atoms with Gasteiger partial charge in [0.2, 0.25) is 0 Å². The second kappa shape index (κ2) is 25.8. The number of rotatable bonds is 0. The third-order valence-corrected chi connectivity index (χ3v) is 0. The minimum atomic E-state index is 0. The summed E-state index contributed by atoms with van der Waals surface area (Å²) >= 11 is 0. The van der Waals surface area contributed by atoms with Crippen molar-refractivity contribution in [1.29, 1.82) is 0 Å². The van der Waals surface area contributed by atoms with Gasteiger partial charge < -0.3 is 2.85 Å². The van der Waals surface area contributed by atoms with E-state index < -0.39 is 0 Å². The molecular weight excluding hydrogens is 106 g/mol. The molecule has 0 aromatic carbocycles. The second-order valence-corrected chi connectivity index (χ2v) is 0. The van der Waals surface area contributed by atoms with Crippen LogP contribution in [0.3, 0.4) is 0 Å². The van der Waals surface area contributed by atoms with Crippen molar-refractivity contribution in [3.8, 4) is 0 Å². The van der Waals surface area contributed by atoms with Gasteiger partial charge in [0, 0.05) is 8.41 Å². The van der Waals surface area contributed by atoms with E-state index in [-0.39, 0.29) is 59.1 Å². The predicted octanol–water partition coefficient (Wildman–Crippen LogP) is 0.307. The average molecular weight is 110 g/mol. The molecule has 0 rings (SSSR count). The van der Waals surface area contributed by atoms with Gasteiger partial charge in [-0.05, 0) is 0 Å². The monoisotopic (exact) mass is 109 g/mol. The normalized spacial score (nSPS) is 0. The zero-order valence-electron chi connectivity index (χ0n) is 4.10. The maximum atomic E-state index is 0. The Morgan fingerprint density at radius 3 is 1.00 bits per heavy atom. The van der Waals surface area contributed by atoms with E-state index >= 15 is 0 Å². The summed E-state index contributed by atoms with van der Waals surface area (Å²) in [5.41, 5.74) is 0. The third kappa shape index (κ3) is 9.96. The zero-order chi connectivity index (χ0) is 0. The van der Waals surface area contributed by atoms with Crippen molar-refractivity contribution in [3.63, 3.8) is 0 Å². The molecule has 0 spiro atoms. The summed E-state index contributed by atoms with van der Waals surface area (Å²) in [6.07, 6.45) is 0. The Balaban J connectivity index is 0. The van der Waals surface area contributed by atoms with Crippen LogP contribution in [0, 0.1) is 0 Å². The van der Waals surface area contributed by atoms with Crippen molar-refractivity contribution in [2.45, 2.75) is 0 Å². The van der Waals surface area contributed by atoms with Crippen molar-refractivity contribution in [1.82, 2.24) is 0 Å². The molecule has 0 aromatic rings. The molecule has 4 heavy (non-hydrogen) atoms. The predicted molar refractivity (Wildman–Crippen MR) is 28.2 cm³/mol. The first kappa shape index (κ1) is 52.9. The Hall–Kier alpha value is 1.41. The summed E-state index contributed by atoms with van der Waals surface area (Å²) in [5.74, 6) is 0. The smallest absolute Gasteiger partial charge is 1.00 e. The molecule has 0 fully saturated rings. The van der Waals surface area contributed by atoms with Gasteiger partial charge in [0.25, 0.3) is 0 Å². The van der Waals surface area contributed by atoms with Crippen molar-refractivity contribution in [2.75, 3.05) is 0 Å². The van der Waals surface area contributed by atoms with Gasteiger partial charge in [-0.15, -0.1) is 24.8 Å². The molecule has 0 unspecified atom stereocenters. The number of hydrogen-bond donors (Lipinski definition) is 0. The Morgan fingerprint density at radius 2 is 1.00 bits per heavy atom. The van der Waals surface area contributed by atoms with E-state index in [0.29, 0.717) is 0 Å². The van der Waals surface area contributed by atoms with Gasteiger partial charge in [-0.2, -0.15) is 0 Å². The van der Waals surface area contributed by atoms with Crippen LogP contribution in [-0.2, 0) is 0 Å². The van der Waals surface area contributed by atoms with E-state index in [0.717, 1.165) is 0 Å². The molecule has 0 nitrogen and oxygen atoms in total. The Bertz CT molecular complexity index is 11.5.